The Balaban J connectivity index is 1.96. The molecular formula is C14H21ClN2O2. The van der Waals surface area contributed by atoms with Crippen molar-refractivity contribution in [1.29, 1.82) is 0 Å². The highest BCUT2D eigenvalue weighted by Gasteiger charge is 2.32. The van der Waals surface area contributed by atoms with Gasteiger partial charge >= 0.3 is 0 Å². The van der Waals surface area contributed by atoms with E-state index in [-0.39, 0.29) is 11.8 Å². The van der Waals surface area contributed by atoms with Crippen LogP contribution in [0.3, 0.4) is 0 Å². The molecule has 106 valence electrons. The zero-order valence-corrected chi connectivity index (χ0v) is 12.5. The topological polar surface area (TPSA) is 44.1 Å². The van der Waals surface area contributed by atoms with Gasteiger partial charge in [0.1, 0.15) is 5.69 Å². The number of hydrogen-bond donors (Lipinski definition) is 0. The average molecular weight is 285 g/mol. The molecular weight excluding hydrogens is 264 g/mol. The highest BCUT2D eigenvalue weighted by atomic mass is 35.5. The first-order valence-electron chi connectivity index (χ1n) is 6.90. The largest absolute Gasteiger partial charge is 0.378 e. The van der Waals surface area contributed by atoms with Crippen molar-refractivity contribution < 1.29 is 9.53 Å². The Labute approximate surface area is 119 Å². The zero-order chi connectivity index (χ0) is 14.0. The van der Waals surface area contributed by atoms with Crippen LogP contribution < -0.4 is 0 Å². The van der Waals surface area contributed by atoms with Gasteiger partial charge in [-0.25, -0.2) is 0 Å². The summed E-state index contributed by atoms with van der Waals surface area (Å²) >= 11 is 6.08. The number of hydrogen-bond acceptors (Lipinski definition) is 3. The van der Waals surface area contributed by atoms with Crippen molar-refractivity contribution in [3.05, 3.63) is 16.9 Å². The van der Waals surface area contributed by atoms with Gasteiger partial charge in [-0.05, 0) is 39.5 Å². The quantitative estimate of drug-likeness (QED) is 0.751. The molecule has 0 atom stereocenters. The Morgan fingerprint density at radius 3 is 2.84 bits per heavy atom. The van der Waals surface area contributed by atoms with E-state index in [9.17, 15) is 4.79 Å². The second kappa shape index (κ2) is 6.06. The van der Waals surface area contributed by atoms with E-state index in [4.69, 9.17) is 16.3 Å². The molecule has 0 aliphatic heterocycles. The zero-order valence-electron chi connectivity index (χ0n) is 11.7. The maximum absolute atomic E-state index is 12.3. The minimum atomic E-state index is 0.0937. The molecule has 1 aromatic heterocycles. The van der Waals surface area contributed by atoms with Gasteiger partial charge in [-0.15, -0.1) is 0 Å². The van der Waals surface area contributed by atoms with Crippen molar-refractivity contribution in [2.24, 2.45) is 5.92 Å². The Hall–Kier alpha value is -0.870. The van der Waals surface area contributed by atoms with Crippen molar-refractivity contribution in [2.75, 3.05) is 6.61 Å². The standard InChI is InChI=1S/C14H21ClN2O2/c1-4-19-11-5-10(6-11)7-13(18)14-12(15)8-16-17(14)9(2)3/h8-11H,4-7H2,1-3H3. The van der Waals surface area contributed by atoms with E-state index in [0.29, 0.717) is 29.2 Å². The minimum Gasteiger partial charge on any atom is -0.378 e. The number of Topliss-reactive ketones (excluding diaryl/α,β-unsaturated/α-hetero) is 1. The molecule has 1 heterocycles. The molecule has 4 nitrogen and oxygen atoms in total. The van der Waals surface area contributed by atoms with Crippen LogP contribution in [0, 0.1) is 5.92 Å². The van der Waals surface area contributed by atoms with Crippen LogP contribution in [0.4, 0.5) is 0 Å². The fraction of sp³-hybridized carbons (Fsp3) is 0.714. The van der Waals surface area contributed by atoms with Crippen LogP contribution in [0.1, 0.15) is 56.6 Å². The van der Waals surface area contributed by atoms with E-state index in [0.717, 1.165) is 19.4 Å². The number of aromatic nitrogens is 2. The summed E-state index contributed by atoms with van der Waals surface area (Å²) in [5.74, 6) is 0.520. The summed E-state index contributed by atoms with van der Waals surface area (Å²) in [5.41, 5.74) is 0.552. The Morgan fingerprint density at radius 2 is 2.26 bits per heavy atom. The van der Waals surface area contributed by atoms with Gasteiger partial charge in [0, 0.05) is 19.1 Å². The Bertz CT molecular complexity index is 450. The van der Waals surface area contributed by atoms with Gasteiger partial charge in [0.05, 0.1) is 17.3 Å². The molecule has 1 aliphatic carbocycles. The van der Waals surface area contributed by atoms with E-state index in [1.165, 1.54) is 0 Å². The van der Waals surface area contributed by atoms with E-state index >= 15 is 0 Å². The lowest BCUT2D eigenvalue weighted by Gasteiger charge is -2.34. The van der Waals surface area contributed by atoms with Crippen LogP contribution in [0.2, 0.25) is 5.02 Å². The van der Waals surface area contributed by atoms with Gasteiger partial charge in [-0.2, -0.15) is 5.10 Å². The maximum Gasteiger partial charge on any atom is 0.182 e. The molecule has 0 radical (unpaired) electrons. The SMILES string of the molecule is CCOC1CC(CC(=O)c2c(Cl)cnn2C(C)C)C1. The van der Waals surface area contributed by atoms with Gasteiger partial charge in [-0.1, -0.05) is 11.6 Å². The van der Waals surface area contributed by atoms with Crippen LogP contribution >= 0.6 is 11.6 Å². The van der Waals surface area contributed by atoms with Crippen LogP contribution in [0.15, 0.2) is 6.20 Å². The number of carbonyl (C=O) groups excluding carboxylic acids is 1. The second-order valence-corrected chi connectivity index (χ2v) is 5.83. The molecule has 0 amide bonds. The molecule has 1 aromatic rings. The predicted octanol–water partition coefficient (Wildman–Crippen LogP) is 3.51. The highest BCUT2D eigenvalue weighted by molar-refractivity contribution is 6.33. The van der Waals surface area contributed by atoms with Gasteiger partial charge in [-0.3, -0.25) is 9.48 Å². The van der Waals surface area contributed by atoms with Crippen LogP contribution in [0.5, 0.6) is 0 Å². The summed E-state index contributed by atoms with van der Waals surface area (Å²) in [4.78, 5) is 12.3. The maximum atomic E-state index is 12.3. The molecule has 19 heavy (non-hydrogen) atoms. The van der Waals surface area contributed by atoms with Crippen molar-refractivity contribution in [3.63, 3.8) is 0 Å². The van der Waals surface area contributed by atoms with Crippen LogP contribution in [-0.4, -0.2) is 28.3 Å². The van der Waals surface area contributed by atoms with E-state index in [2.05, 4.69) is 5.10 Å². The first-order valence-corrected chi connectivity index (χ1v) is 7.28. The normalized spacial score (nSPS) is 22.6. The first-order chi connectivity index (χ1) is 9.02. The Morgan fingerprint density at radius 1 is 1.58 bits per heavy atom. The molecule has 0 saturated heterocycles. The lowest BCUT2D eigenvalue weighted by molar-refractivity contribution is -0.0246. The molecule has 2 rings (SSSR count). The molecule has 1 saturated carbocycles. The monoisotopic (exact) mass is 284 g/mol. The number of ether oxygens (including phenoxy) is 1. The summed E-state index contributed by atoms with van der Waals surface area (Å²) in [5, 5.41) is 4.63. The summed E-state index contributed by atoms with van der Waals surface area (Å²) in [6, 6.07) is 0.143. The van der Waals surface area contributed by atoms with Gasteiger partial charge in [0.2, 0.25) is 0 Å². The van der Waals surface area contributed by atoms with Crippen molar-refractivity contribution in [1.82, 2.24) is 9.78 Å². The number of nitrogens with zero attached hydrogens (tertiary/aromatic N) is 2. The second-order valence-electron chi connectivity index (χ2n) is 5.42. The van der Waals surface area contributed by atoms with Crippen molar-refractivity contribution in [3.8, 4) is 0 Å². The summed E-state index contributed by atoms with van der Waals surface area (Å²) in [6.45, 7) is 6.74. The lowest BCUT2D eigenvalue weighted by Crippen LogP contribution is -2.33. The summed E-state index contributed by atoms with van der Waals surface area (Å²) < 4.78 is 7.22. The predicted molar refractivity (Wildman–Crippen MR) is 74.7 cm³/mol. The molecule has 1 aliphatic rings. The average Bonchev–Trinajstić information content (AvgIpc) is 2.68. The van der Waals surface area contributed by atoms with Gasteiger partial charge < -0.3 is 4.74 Å². The molecule has 0 unspecified atom stereocenters. The minimum absolute atomic E-state index is 0.0937. The third-order valence-electron chi connectivity index (χ3n) is 3.57. The van der Waals surface area contributed by atoms with Crippen LogP contribution in [-0.2, 0) is 4.74 Å². The fourth-order valence-corrected chi connectivity index (χ4v) is 2.80. The first kappa shape index (κ1) is 14.5. The van der Waals surface area contributed by atoms with E-state index in [1.54, 1.807) is 10.9 Å². The highest BCUT2D eigenvalue weighted by Crippen LogP contribution is 2.34. The third-order valence-corrected chi connectivity index (χ3v) is 3.85. The number of halogens is 1. The van der Waals surface area contributed by atoms with E-state index in [1.807, 2.05) is 20.8 Å². The molecule has 0 aromatic carbocycles. The molecule has 0 N–H and O–H groups in total. The third kappa shape index (κ3) is 3.18. The molecule has 0 spiro atoms. The number of rotatable bonds is 6. The van der Waals surface area contributed by atoms with Crippen molar-refractivity contribution >= 4 is 17.4 Å². The van der Waals surface area contributed by atoms with Crippen LogP contribution in [0.25, 0.3) is 0 Å². The van der Waals surface area contributed by atoms with Gasteiger partial charge in [0.25, 0.3) is 0 Å². The summed E-state index contributed by atoms with van der Waals surface area (Å²) in [7, 11) is 0. The van der Waals surface area contributed by atoms with Crippen molar-refractivity contribution in [2.45, 2.75) is 52.2 Å². The Kier molecular flexibility index (Phi) is 4.63. The lowest BCUT2D eigenvalue weighted by atomic mass is 9.78. The number of ketones is 1. The van der Waals surface area contributed by atoms with E-state index < -0.39 is 0 Å². The number of carbonyl (C=O) groups is 1. The summed E-state index contributed by atoms with van der Waals surface area (Å²) in [6.07, 6.45) is 4.40. The van der Waals surface area contributed by atoms with Gasteiger partial charge in [0.15, 0.2) is 5.78 Å². The molecule has 0 bridgehead atoms. The fourth-order valence-electron chi connectivity index (χ4n) is 2.57. The molecule has 1 fully saturated rings. The molecule has 5 heteroatoms. The smallest absolute Gasteiger partial charge is 0.182 e.